The van der Waals surface area contributed by atoms with E-state index in [1.54, 1.807) is 18.4 Å². The number of thiophene rings is 1. The molecular weight excluding hydrogens is 216 g/mol. The van der Waals surface area contributed by atoms with Crippen molar-refractivity contribution in [3.05, 3.63) is 40.7 Å². The summed E-state index contributed by atoms with van der Waals surface area (Å²) in [7, 11) is 1.62. The van der Waals surface area contributed by atoms with E-state index >= 15 is 0 Å². The highest BCUT2D eigenvalue weighted by Crippen LogP contribution is 2.31. The Morgan fingerprint density at radius 3 is 2.71 bits per heavy atom. The van der Waals surface area contributed by atoms with Gasteiger partial charge >= 0.3 is 0 Å². The Kier molecular flexibility index (Phi) is 2.75. The number of methoxy groups -OCH3 is 1. The van der Waals surface area contributed by atoms with Crippen LogP contribution in [0.25, 0.3) is 10.4 Å². The maximum atomic E-state index is 6.03. The molecule has 0 N–H and O–H groups in total. The summed E-state index contributed by atoms with van der Waals surface area (Å²) in [5, 5.41) is 2.70. The number of halogens is 1. The number of ether oxygens (including phenoxy) is 1. The molecule has 72 valence electrons. The minimum Gasteiger partial charge on any atom is -0.495 e. The summed E-state index contributed by atoms with van der Waals surface area (Å²) in [6.07, 6.45) is 0. The predicted molar refractivity (Wildman–Crippen MR) is 61.3 cm³/mol. The van der Waals surface area contributed by atoms with Crippen molar-refractivity contribution in [2.45, 2.75) is 0 Å². The van der Waals surface area contributed by atoms with Crippen molar-refractivity contribution >= 4 is 22.9 Å². The van der Waals surface area contributed by atoms with Crippen LogP contribution in [0.1, 0.15) is 0 Å². The van der Waals surface area contributed by atoms with Crippen LogP contribution in [0.15, 0.2) is 35.7 Å². The highest BCUT2D eigenvalue weighted by atomic mass is 35.5. The van der Waals surface area contributed by atoms with Crippen molar-refractivity contribution in [1.82, 2.24) is 0 Å². The zero-order valence-electron chi connectivity index (χ0n) is 7.66. The van der Waals surface area contributed by atoms with Gasteiger partial charge < -0.3 is 4.74 Å². The topological polar surface area (TPSA) is 9.23 Å². The molecule has 1 heterocycles. The lowest BCUT2D eigenvalue weighted by molar-refractivity contribution is 0.415. The molecule has 2 rings (SSSR count). The van der Waals surface area contributed by atoms with Crippen molar-refractivity contribution in [2.24, 2.45) is 0 Å². The van der Waals surface area contributed by atoms with Crippen molar-refractivity contribution < 1.29 is 4.74 Å². The standard InChI is InChI=1S/C11H9ClOS/c1-13-10-5-4-8(7-9(10)12)11-3-2-6-14-11/h2-7H,1H3. The molecule has 0 aliphatic carbocycles. The van der Waals surface area contributed by atoms with Crippen LogP contribution in [0.2, 0.25) is 5.02 Å². The molecule has 14 heavy (non-hydrogen) atoms. The van der Waals surface area contributed by atoms with Gasteiger partial charge in [0.1, 0.15) is 5.75 Å². The molecule has 0 saturated carbocycles. The number of hydrogen-bond acceptors (Lipinski definition) is 2. The molecule has 0 saturated heterocycles. The smallest absolute Gasteiger partial charge is 0.137 e. The third-order valence-electron chi connectivity index (χ3n) is 1.96. The lowest BCUT2D eigenvalue weighted by Crippen LogP contribution is -1.83. The minimum absolute atomic E-state index is 0.651. The SMILES string of the molecule is COc1ccc(-c2cccs2)cc1Cl. The van der Waals surface area contributed by atoms with Gasteiger partial charge in [0.25, 0.3) is 0 Å². The molecule has 0 aliphatic heterocycles. The summed E-state index contributed by atoms with van der Waals surface area (Å²) in [5.41, 5.74) is 1.13. The maximum Gasteiger partial charge on any atom is 0.137 e. The second-order valence-corrected chi connectivity index (χ2v) is 4.18. The van der Waals surface area contributed by atoms with E-state index in [9.17, 15) is 0 Å². The van der Waals surface area contributed by atoms with Gasteiger partial charge in [-0.3, -0.25) is 0 Å². The zero-order chi connectivity index (χ0) is 9.97. The van der Waals surface area contributed by atoms with E-state index in [1.165, 1.54) is 4.88 Å². The molecule has 0 aliphatic rings. The van der Waals surface area contributed by atoms with Gasteiger partial charge in [0.15, 0.2) is 0 Å². The quantitative estimate of drug-likeness (QED) is 0.747. The molecule has 3 heteroatoms. The molecule has 0 radical (unpaired) electrons. The number of hydrogen-bond donors (Lipinski definition) is 0. The molecule has 0 spiro atoms. The molecule has 1 aromatic carbocycles. The highest BCUT2D eigenvalue weighted by molar-refractivity contribution is 7.13. The van der Waals surface area contributed by atoms with E-state index in [1.807, 2.05) is 29.6 Å². The van der Waals surface area contributed by atoms with Crippen LogP contribution in [0.5, 0.6) is 5.75 Å². The Morgan fingerprint density at radius 1 is 1.29 bits per heavy atom. The predicted octanol–water partition coefficient (Wildman–Crippen LogP) is 4.08. The Labute approximate surface area is 91.9 Å². The molecule has 0 fully saturated rings. The maximum absolute atomic E-state index is 6.03. The summed E-state index contributed by atoms with van der Waals surface area (Å²) in [5.74, 6) is 0.715. The molecule has 2 aromatic rings. The third-order valence-corrected chi connectivity index (χ3v) is 3.17. The second-order valence-electron chi connectivity index (χ2n) is 2.83. The van der Waals surface area contributed by atoms with Gasteiger partial charge in [0.05, 0.1) is 12.1 Å². The molecule has 1 nitrogen and oxygen atoms in total. The minimum atomic E-state index is 0.651. The third kappa shape index (κ3) is 1.76. The van der Waals surface area contributed by atoms with E-state index in [2.05, 4.69) is 6.07 Å². The normalized spacial score (nSPS) is 10.1. The molecule has 1 aromatic heterocycles. The first-order chi connectivity index (χ1) is 6.81. The summed E-state index contributed by atoms with van der Waals surface area (Å²) in [4.78, 5) is 1.22. The van der Waals surface area contributed by atoms with Crippen molar-refractivity contribution in [1.29, 1.82) is 0 Å². The Balaban J connectivity index is 2.43. The fourth-order valence-corrected chi connectivity index (χ4v) is 2.24. The Hall–Kier alpha value is -0.990. The van der Waals surface area contributed by atoms with Gasteiger partial charge in [-0.2, -0.15) is 0 Å². The largest absolute Gasteiger partial charge is 0.495 e. The summed E-state index contributed by atoms with van der Waals surface area (Å²) < 4.78 is 5.09. The van der Waals surface area contributed by atoms with Gasteiger partial charge in [-0.15, -0.1) is 11.3 Å². The average molecular weight is 225 g/mol. The molecule has 0 bridgehead atoms. The van der Waals surface area contributed by atoms with Gasteiger partial charge in [0.2, 0.25) is 0 Å². The van der Waals surface area contributed by atoms with Crippen molar-refractivity contribution in [2.75, 3.05) is 7.11 Å². The summed E-state index contributed by atoms with van der Waals surface area (Å²) in [6, 6.07) is 9.92. The van der Waals surface area contributed by atoms with E-state index in [-0.39, 0.29) is 0 Å². The van der Waals surface area contributed by atoms with Crippen LogP contribution in [0, 0.1) is 0 Å². The Morgan fingerprint density at radius 2 is 2.14 bits per heavy atom. The van der Waals surface area contributed by atoms with E-state index in [0.29, 0.717) is 10.8 Å². The van der Waals surface area contributed by atoms with Crippen LogP contribution in [-0.2, 0) is 0 Å². The van der Waals surface area contributed by atoms with E-state index in [4.69, 9.17) is 16.3 Å². The first-order valence-corrected chi connectivity index (χ1v) is 5.44. The van der Waals surface area contributed by atoms with Crippen LogP contribution in [0.3, 0.4) is 0 Å². The van der Waals surface area contributed by atoms with Crippen LogP contribution in [0.4, 0.5) is 0 Å². The lowest BCUT2D eigenvalue weighted by atomic mass is 10.2. The van der Waals surface area contributed by atoms with Gasteiger partial charge in [-0.05, 0) is 35.2 Å². The fourth-order valence-electron chi connectivity index (χ4n) is 1.26. The van der Waals surface area contributed by atoms with Crippen LogP contribution >= 0.6 is 22.9 Å². The molecule has 0 amide bonds. The first kappa shape index (κ1) is 9.56. The Bertz CT molecular complexity index is 423. The average Bonchev–Trinajstić information content (AvgIpc) is 2.70. The summed E-state index contributed by atoms with van der Waals surface area (Å²) >= 11 is 7.72. The fraction of sp³-hybridized carbons (Fsp3) is 0.0909. The zero-order valence-corrected chi connectivity index (χ0v) is 9.23. The van der Waals surface area contributed by atoms with Crippen molar-refractivity contribution in [3.8, 4) is 16.2 Å². The monoisotopic (exact) mass is 224 g/mol. The van der Waals surface area contributed by atoms with E-state index in [0.717, 1.165) is 5.56 Å². The van der Waals surface area contributed by atoms with Gasteiger partial charge in [0, 0.05) is 4.88 Å². The lowest BCUT2D eigenvalue weighted by Gasteiger charge is -2.04. The highest BCUT2D eigenvalue weighted by Gasteiger charge is 2.03. The molecular formula is C11H9ClOS. The number of rotatable bonds is 2. The van der Waals surface area contributed by atoms with E-state index < -0.39 is 0 Å². The molecule has 0 unspecified atom stereocenters. The van der Waals surface area contributed by atoms with Gasteiger partial charge in [-0.1, -0.05) is 17.7 Å². The summed E-state index contributed by atoms with van der Waals surface area (Å²) in [6.45, 7) is 0. The van der Waals surface area contributed by atoms with Crippen LogP contribution < -0.4 is 4.74 Å². The number of benzene rings is 1. The molecule has 0 atom stereocenters. The van der Waals surface area contributed by atoms with Crippen molar-refractivity contribution in [3.63, 3.8) is 0 Å². The van der Waals surface area contributed by atoms with Gasteiger partial charge in [-0.25, -0.2) is 0 Å². The van der Waals surface area contributed by atoms with Crippen LogP contribution in [-0.4, -0.2) is 7.11 Å². The second kappa shape index (κ2) is 4.03. The first-order valence-electron chi connectivity index (χ1n) is 4.18.